The van der Waals surface area contributed by atoms with E-state index in [9.17, 15) is 19.7 Å². The van der Waals surface area contributed by atoms with Crippen molar-refractivity contribution in [2.45, 2.75) is 11.8 Å². The normalized spacial score (nSPS) is 10.3. The number of carbonyl (C=O) groups is 2. The number of hydrogen-bond acceptors (Lipinski definition) is 6. The zero-order chi connectivity index (χ0) is 19.3. The second-order valence-electron chi connectivity index (χ2n) is 5.23. The van der Waals surface area contributed by atoms with Gasteiger partial charge in [-0.3, -0.25) is 14.9 Å². The lowest BCUT2D eigenvalue weighted by molar-refractivity contribution is -0.387. The molecular weight excluding hydrogens is 380 g/mol. The van der Waals surface area contributed by atoms with Gasteiger partial charge in [0.15, 0.2) is 6.61 Å². The number of carbonyl (C=O) groups excluding carboxylic acids is 2. The molecule has 0 aliphatic rings. The van der Waals surface area contributed by atoms with E-state index in [4.69, 9.17) is 16.3 Å². The molecule has 0 saturated carbocycles. The second-order valence-corrected chi connectivity index (χ2v) is 6.51. The molecule has 0 spiro atoms. The largest absolute Gasteiger partial charge is 0.452 e. The Kier molecular flexibility index (Phi) is 6.59. The number of nitrogens with one attached hydrogen (secondary N) is 1. The predicted octanol–water partition coefficient (Wildman–Crippen LogP) is 4.07. The molecule has 0 saturated heterocycles. The van der Waals surface area contributed by atoms with Gasteiger partial charge in [0.2, 0.25) is 0 Å². The summed E-state index contributed by atoms with van der Waals surface area (Å²) in [6.07, 6.45) is 1.70. The average Bonchev–Trinajstić information content (AvgIpc) is 2.62. The molecule has 0 atom stereocenters. The number of rotatable bonds is 6. The summed E-state index contributed by atoms with van der Waals surface area (Å²) >= 11 is 7.08. The first-order valence-electron chi connectivity index (χ1n) is 7.37. The predicted molar refractivity (Wildman–Crippen MR) is 100.0 cm³/mol. The number of halogens is 1. The Balaban J connectivity index is 2.02. The third kappa shape index (κ3) is 4.96. The van der Waals surface area contributed by atoms with E-state index in [1.807, 2.05) is 0 Å². The van der Waals surface area contributed by atoms with Crippen LogP contribution >= 0.6 is 23.4 Å². The molecule has 1 N–H and O–H groups in total. The van der Waals surface area contributed by atoms with Crippen molar-refractivity contribution in [3.63, 3.8) is 0 Å². The van der Waals surface area contributed by atoms with Crippen molar-refractivity contribution in [2.75, 3.05) is 18.2 Å². The first-order chi connectivity index (χ1) is 12.3. The number of hydrogen-bond donors (Lipinski definition) is 1. The molecule has 26 heavy (non-hydrogen) atoms. The highest BCUT2D eigenvalue weighted by Gasteiger charge is 2.18. The van der Waals surface area contributed by atoms with Crippen LogP contribution in [0.1, 0.15) is 15.9 Å². The fraction of sp³-hybridized carbons (Fsp3) is 0.176. The van der Waals surface area contributed by atoms with E-state index >= 15 is 0 Å². The molecule has 0 radical (unpaired) electrons. The van der Waals surface area contributed by atoms with Crippen LogP contribution in [0.2, 0.25) is 5.02 Å². The molecule has 7 nitrogen and oxygen atoms in total. The number of anilines is 1. The van der Waals surface area contributed by atoms with E-state index in [2.05, 4.69) is 5.32 Å². The summed E-state index contributed by atoms with van der Waals surface area (Å²) in [5.41, 5.74) is 1.13. The highest BCUT2D eigenvalue weighted by atomic mass is 35.5. The zero-order valence-corrected chi connectivity index (χ0v) is 15.5. The maximum Gasteiger partial charge on any atom is 0.338 e. The molecule has 0 aromatic heterocycles. The quantitative estimate of drug-likeness (QED) is 0.343. The van der Waals surface area contributed by atoms with Crippen molar-refractivity contribution < 1.29 is 19.2 Å². The van der Waals surface area contributed by atoms with Crippen LogP contribution in [-0.4, -0.2) is 29.7 Å². The highest BCUT2D eigenvalue weighted by molar-refractivity contribution is 7.98. The number of nitrogens with zero attached hydrogens (tertiary/aromatic N) is 1. The van der Waals surface area contributed by atoms with Gasteiger partial charge in [-0.2, -0.15) is 0 Å². The smallest absolute Gasteiger partial charge is 0.338 e. The van der Waals surface area contributed by atoms with Crippen LogP contribution in [0.5, 0.6) is 0 Å². The lowest BCUT2D eigenvalue weighted by Gasteiger charge is -2.09. The summed E-state index contributed by atoms with van der Waals surface area (Å²) in [4.78, 5) is 34.9. The summed E-state index contributed by atoms with van der Waals surface area (Å²) in [5, 5.41) is 14.1. The molecule has 0 aliphatic carbocycles. The molecule has 1 amide bonds. The van der Waals surface area contributed by atoms with Crippen molar-refractivity contribution in [3.05, 3.63) is 62.7 Å². The molecule has 0 unspecified atom stereocenters. The van der Waals surface area contributed by atoms with E-state index in [1.54, 1.807) is 31.4 Å². The van der Waals surface area contributed by atoms with Gasteiger partial charge in [0, 0.05) is 16.8 Å². The van der Waals surface area contributed by atoms with Gasteiger partial charge in [0.1, 0.15) is 0 Å². The van der Waals surface area contributed by atoms with Crippen molar-refractivity contribution in [2.24, 2.45) is 0 Å². The molecule has 2 aromatic carbocycles. The summed E-state index contributed by atoms with van der Waals surface area (Å²) in [5.74, 6) is -1.36. The minimum atomic E-state index is -0.821. The number of amides is 1. The van der Waals surface area contributed by atoms with E-state index in [1.165, 1.54) is 23.9 Å². The number of aryl methyl sites for hydroxylation is 1. The molecule has 0 aliphatic heterocycles. The number of esters is 1. The van der Waals surface area contributed by atoms with Gasteiger partial charge >= 0.3 is 5.97 Å². The van der Waals surface area contributed by atoms with E-state index < -0.39 is 23.4 Å². The topological polar surface area (TPSA) is 98.5 Å². The van der Waals surface area contributed by atoms with Gasteiger partial charge in [-0.15, -0.1) is 11.8 Å². The van der Waals surface area contributed by atoms with Gasteiger partial charge < -0.3 is 10.1 Å². The van der Waals surface area contributed by atoms with Gasteiger partial charge in [-0.25, -0.2) is 4.79 Å². The SMILES string of the molecule is CSc1ccc(C(=O)OCC(=O)Nc2cc(Cl)ccc2C)cc1[N+](=O)[O-]. The molecular formula is C17H15ClN2O5S. The molecule has 2 aromatic rings. The van der Waals surface area contributed by atoms with Crippen molar-refractivity contribution in [3.8, 4) is 0 Å². The second kappa shape index (κ2) is 8.68. The fourth-order valence-corrected chi connectivity index (χ4v) is 2.81. The minimum absolute atomic E-state index is 0.00114. The average molecular weight is 395 g/mol. The first kappa shape index (κ1) is 19.7. The van der Waals surface area contributed by atoms with E-state index in [0.29, 0.717) is 15.6 Å². The molecule has 2 rings (SSSR count). The number of ether oxygens (including phenoxy) is 1. The summed E-state index contributed by atoms with van der Waals surface area (Å²) in [6, 6.07) is 9.04. The third-order valence-corrected chi connectivity index (χ3v) is 4.44. The lowest BCUT2D eigenvalue weighted by atomic mass is 10.2. The van der Waals surface area contributed by atoms with Crippen LogP contribution in [-0.2, 0) is 9.53 Å². The molecule has 0 fully saturated rings. The first-order valence-corrected chi connectivity index (χ1v) is 8.97. The van der Waals surface area contributed by atoms with Gasteiger partial charge in [0.05, 0.1) is 15.4 Å². The highest BCUT2D eigenvalue weighted by Crippen LogP contribution is 2.28. The molecule has 0 bridgehead atoms. The Morgan fingerprint density at radius 1 is 1.27 bits per heavy atom. The molecule has 0 heterocycles. The number of nitro benzene ring substituents is 1. The van der Waals surface area contributed by atoms with Gasteiger partial charge in [-0.1, -0.05) is 17.7 Å². The lowest BCUT2D eigenvalue weighted by Crippen LogP contribution is -2.21. The Morgan fingerprint density at radius 2 is 2.00 bits per heavy atom. The number of nitro groups is 1. The monoisotopic (exact) mass is 394 g/mol. The Morgan fingerprint density at radius 3 is 2.65 bits per heavy atom. The summed E-state index contributed by atoms with van der Waals surface area (Å²) < 4.78 is 4.93. The molecule has 9 heteroatoms. The maximum atomic E-state index is 12.0. The van der Waals surface area contributed by atoms with Gasteiger partial charge in [0.25, 0.3) is 11.6 Å². The van der Waals surface area contributed by atoms with Crippen LogP contribution in [0.3, 0.4) is 0 Å². The van der Waals surface area contributed by atoms with Crippen molar-refractivity contribution in [1.29, 1.82) is 0 Å². The van der Waals surface area contributed by atoms with Gasteiger partial charge in [-0.05, 0) is 43.0 Å². The van der Waals surface area contributed by atoms with Crippen molar-refractivity contribution in [1.82, 2.24) is 0 Å². The third-order valence-electron chi connectivity index (χ3n) is 3.42. The number of thioether (sulfide) groups is 1. The minimum Gasteiger partial charge on any atom is -0.452 e. The molecule has 136 valence electrons. The van der Waals surface area contributed by atoms with Crippen LogP contribution in [0.15, 0.2) is 41.3 Å². The maximum absolute atomic E-state index is 12.0. The van der Waals surface area contributed by atoms with E-state index in [0.717, 1.165) is 11.6 Å². The fourth-order valence-electron chi connectivity index (χ4n) is 2.09. The van der Waals surface area contributed by atoms with Crippen LogP contribution in [0.25, 0.3) is 0 Å². The summed E-state index contributed by atoms with van der Waals surface area (Å²) in [6.45, 7) is 1.27. The summed E-state index contributed by atoms with van der Waals surface area (Å²) in [7, 11) is 0. The Labute approximate surface area is 158 Å². The van der Waals surface area contributed by atoms with Crippen LogP contribution in [0, 0.1) is 17.0 Å². The van der Waals surface area contributed by atoms with E-state index in [-0.39, 0.29) is 11.3 Å². The standard InChI is InChI=1S/C17H15ClN2O5S/c1-10-3-5-12(18)8-13(10)19-16(21)9-25-17(22)11-4-6-15(26-2)14(7-11)20(23)24/h3-8H,9H2,1-2H3,(H,19,21). The Bertz CT molecular complexity index is 872. The Hall–Kier alpha value is -2.58. The van der Waals surface area contributed by atoms with Crippen LogP contribution < -0.4 is 5.32 Å². The van der Waals surface area contributed by atoms with Crippen molar-refractivity contribution >= 4 is 46.6 Å². The zero-order valence-electron chi connectivity index (χ0n) is 13.9. The van der Waals surface area contributed by atoms with Crippen LogP contribution in [0.4, 0.5) is 11.4 Å². The number of benzene rings is 2.